The number of carbonyl (C=O) groups is 3. The molecular weight excluding hydrogens is 266 g/mol. The highest BCUT2D eigenvalue weighted by Gasteiger charge is 2.33. The first-order valence-corrected chi connectivity index (χ1v) is 6.46. The van der Waals surface area contributed by atoms with Gasteiger partial charge in [0.1, 0.15) is 6.04 Å². The number of hydrogen-bond acceptors (Lipinski definition) is 7. The fourth-order valence-corrected chi connectivity index (χ4v) is 1.90. The van der Waals surface area contributed by atoms with Gasteiger partial charge in [-0.1, -0.05) is 0 Å². The number of nitrogens with one attached hydrogen (secondary N) is 1. The number of rotatable bonds is 5. The highest BCUT2D eigenvalue weighted by Crippen LogP contribution is 2.21. The first-order chi connectivity index (χ1) is 9.54. The van der Waals surface area contributed by atoms with Gasteiger partial charge in [0.05, 0.1) is 20.3 Å². The SMILES string of the molecule is CCOC(=O)/C(C(=O)OC)=C1/CCC(C(=O)OCC)N1. The zero-order valence-electron chi connectivity index (χ0n) is 11.9. The highest BCUT2D eigenvalue weighted by molar-refractivity contribution is 6.14. The number of esters is 3. The van der Waals surface area contributed by atoms with Crippen molar-refractivity contribution in [3.05, 3.63) is 11.3 Å². The van der Waals surface area contributed by atoms with Gasteiger partial charge in [-0.25, -0.2) is 14.4 Å². The maximum Gasteiger partial charge on any atom is 0.347 e. The maximum atomic E-state index is 11.8. The molecule has 0 saturated carbocycles. The van der Waals surface area contributed by atoms with Crippen molar-refractivity contribution in [1.82, 2.24) is 5.32 Å². The third-order valence-electron chi connectivity index (χ3n) is 2.77. The van der Waals surface area contributed by atoms with E-state index in [4.69, 9.17) is 9.47 Å². The number of hydrogen-bond donors (Lipinski definition) is 1. The Morgan fingerprint density at radius 1 is 1.15 bits per heavy atom. The summed E-state index contributed by atoms with van der Waals surface area (Å²) in [5.74, 6) is -1.95. The van der Waals surface area contributed by atoms with Gasteiger partial charge in [0, 0.05) is 5.70 Å². The van der Waals surface area contributed by atoms with Crippen LogP contribution in [0.3, 0.4) is 0 Å². The van der Waals surface area contributed by atoms with Gasteiger partial charge in [-0.05, 0) is 26.7 Å². The van der Waals surface area contributed by atoms with E-state index in [1.807, 2.05) is 0 Å². The van der Waals surface area contributed by atoms with Crippen LogP contribution < -0.4 is 5.32 Å². The first kappa shape index (κ1) is 16.0. The van der Waals surface area contributed by atoms with Gasteiger partial charge in [-0.3, -0.25) is 0 Å². The average molecular weight is 285 g/mol. The van der Waals surface area contributed by atoms with Crippen molar-refractivity contribution in [2.45, 2.75) is 32.7 Å². The number of allylic oxidation sites excluding steroid dienone is 1. The largest absolute Gasteiger partial charge is 0.465 e. The zero-order valence-corrected chi connectivity index (χ0v) is 11.9. The molecular formula is C13H19NO6. The molecule has 1 N–H and O–H groups in total. The molecule has 1 heterocycles. The fraction of sp³-hybridized carbons (Fsp3) is 0.615. The Morgan fingerprint density at radius 3 is 2.35 bits per heavy atom. The fourth-order valence-electron chi connectivity index (χ4n) is 1.90. The van der Waals surface area contributed by atoms with Gasteiger partial charge in [-0.2, -0.15) is 0 Å². The number of ether oxygens (including phenoxy) is 3. The molecule has 0 aromatic heterocycles. The second-order valence-electron chi connectivity index (χ2n) is 4.05. The Hall–Kier alpha value is -2.05. The van der Waals surface area contributed by atoms with E-state index >= 15 is 0 Å². The lowest BCUT2D eigenvalue weighted by molar-refractivity contribution is -0.147. The molecule has 1 rings (SSSR count). The molecule has 1 fully saturated rings. The Balaban J connectivity index is 2.92. The topological polar surface area (TPSA) is 90.9 Å². The van der Waals surface area contributed by atoms with Crippen LogP contribution in [0.1, 0.15) is 26.7 Å². The summed E-state index contributed by atoms with van der Waals surface area (Å²) in [7, 11) is 1.18. The van der Waals surface area contributed by atoms with Crippen LogP contribution in [0.4, 0.5) is 0 Å². The third-order valence-corrected chi connectivity index (χ3v) is 2.77. The molecule has 0 spiro atoms. The van der Waals surface area contributed by atoms with Crippen LogP contribution >= 0.6 is 0 Å². The molecule has 1 aliphatic heterocycles. The summed E-state index contributed by atoms with van der Waals surface area (Å²) in [4.78, 5) is 35.1. The Bertz CT molecular complexity index is 429. The van der Waals surface area contributed by atoms with Gasteiger partial charge >= 0.3 is 17.9 Å². The van der Waals surface area contributed by atoms with Crippen molar-refractivity contribution in [2.24, 2.45) is 0 Å². The Kier molecular flexibility index (Phi) is 6.02. The van der Waals surface area contributed by atoms with Crippen molar-refractivity contribution in [3.8, 4) is 0 Å². The molecule has 1 saturated heterocycles. The molecule has 0 aliphatic carbocycles. The molecule has 0 radical (unpaired) electrons. The smallest absolute Gasteiger partial charge is 0.347 e. The van der Waals surface area contributed by atoms with Crippen LogP contribution in [-0.4, -0.2) is 44.3 Å². The van der Waals surface area contributed by atoms with E-state index in [9.17, 15) is 14.4 Å². The molecule has 7 nitrogen and oxygen atoms in total. The summed E-state index contributed by atoms with van der Waals surface area (Å²) in [6, 6.07) is -0.556. The minimum atomic E-state index is -0.782. The van der Waals surface area contributed by atoms with E-state index in [1.165, 1.54) is 7.11 Å². The van der Waals surface area contributed by atoms with E-state index in [1.54, 1.807) is 13.8 Å². The van der Waals surface area contributed by atoms with Crippen molar-refractivity contribution in [2.75, 3.05) is 20.3 Å². The number of carbonyl (C=O) groups excluding carboxylic acids is 3. The van der Waals surface area contributed by atoms with E-state index in [2.05, 4.69) is 10.1 Å². The molecule has 20 heavy (non-hydrogen) atoms. The minimum Gasteiger partial charge on any atom is -0.465 e. The highest BCUT2D eigenvalue weighted by atomic mass is 16.5. The van der Waals surface area contributed by atoms with Crippen molar-refractivity contribution in [3.63, 3.8) is 0 Å². The molecule has 112 valence electrons. The lowest BCUT2D eigenvalue weighted by atomic mass is 10.1. The molecule has 1 unspecified atom stereocenters. The zero-order chi connectivity index (χ0) is 15.1. The second kappa shape index (κ2) is 7.52. The summed E-state index contributed by atoms with van der Waals surface area (Å²) in [5, 5.41) is 2.83. The van der Waals surface area contributed by atoms with Crippen LogP contribution in [0.25, 0.3) is 0 Å². The third kappa shape index (κ3) is 3.72. The second-order valence-corrected chi connectivity index (χ2v) is 4.05. The van der Waals surface area contributed by atoms with E-state index in [-0.39, 0.29) is 18.8 Å². The van der Waals surface area contributed by atoms with E-state index < -0.39 is 23.9 Å². The van der Waals surface area contributed by atoms with E-state index in [0.717, 1.165) is 0 Å². The molecule has 0 aromatic carbocycles. The van der Waals surface area contributed by atoms with Crippen LogP contribution in [0.15, 0.2) is 11.3 Å². The van der Waals surface area contributed by atoms with Gasteiger partial charge < -0.3 is 19.5 Å². The maximum absolute atomic E-state index is 11.8. The average Bonchev–Trinajstić information content (AvgIpc) is 2.89. The van der Waals surface area contributed by atoms with Crippen molar-refractivity contribution < 1.29 is 28.6 Å². The van der Waals surface area contributed by atoms with Crippen LogP contribution in [0.2, 0.25) is 0 Å². The normalized spacial score (nSPS) is 19.9. The quantitative estimate of drug-likeness (QED) is 0.255. The van der Waals surface area contributed by atoms with Gasteiger partial charge in [-0.15, -0.1) is 0 Å². The predicted molar refractivity (Wildman–Crippen MR) is 68.5 cm³/mol. The van der Waals surface area contributed by atoms with Gasteiger partial charge in [0.2, 0.25) is 0 Å². The lowest BCUT2D eigenvalue weighted by Crippen LogP contribution is -2.33. The van der Waals surface area contributed by atoms with Crippen LogP contribution in [-0.2, 0) is 28.6 Å². The molecule has 7 heteroatoms. The summed E-state index contributed by atoms with van der Waals surface area (Å²) < 4.78 is 14.3. The summed E-state index contributed by atoms with van der Waals surface area (Å²) in [5.41, 5.74) is 0.162. The first-order valence-electron chi connectivity index (χ1n) is 6.46. The lowest BCUT2D eigenvalue weighted by Gasteiger charge is -2.12. The monoisotopic (exact) mass is 285 g/mol. The standard InChI is InChI=1S/C13H19NO6/c1-4-19-11(15)9-7-6-8(14-9)10(12(16)18-3)13(17)20-5-2/h9,14H,4-7H2,1-3H3/b10-8-. The van der Waals surface area contributed by atoms with Crippen LogP contribution in [0.5, 0.6) is 0 Å². The molecule has 0 amide bonds. The van der Waals surface area contributed by atoms with Crippen molar-refractivity contribution >= 4 is 17.9 Å². The molecule has 0 bridgehead atoms. The number of methoxy groups -OCH3 is 1. The molecule has 1 aliphatic rings. The van der Waals surface area contributed by atoms with Gasteiger partial charge in [0.15, 0.2) is 5.57 Å². The Labute approximate surface area is 117 Å². The minimum absolute atomic E-state index is 0.147. The molecule has 0 aromatic rings. The summed E-state index contributed by atoms with van der Waals surface area (Å²) >= 11 is 0. The molecule has 1 atom stereocenters. The van der Waals surface area contributed by atoms with Crippen molar-refractivity contribution in [1.29, 1.82) is 0 Å². The Morgan fingerprint density at radius 2 is 1.80 bits per heavy atom. The predicted octanol–water partition coefficient (Wildman–Crippen LogP) is 0.292. The summed E-state index contributed by atoms with van der Waals surface area (Å²) in [6.07, 6.45) is 0.834. The van der Waals surface area contributed by atoms with Crippen LogP contribution in [0, 0.1) is 0 Å². The summed E-state index contributed by atoms with van der Waals surface area (Å²) in [6.45, 7) is 3.77. The van der Waals surface area contributed by atoms with Gasteiger partial charge in [0.25, 0.3) is 0 Å². The van der Waals surface area contributed by atoms with E-state index in [0.29, 0.717) is 18.5 Å².